The first-order valence-electron chi connectivity index (χ1n) is 8.56. The molecule has 0 amide bonds. The number of hydrogen-bond acceptors (Lipinski definition) is 4. The topological polar surface area (TPSA) is 149 Å². The molecule has 0 aromatic heterocycles. The van der Waals surface area contributed by atoms with Crippen LogP contribution in [-0.4, -0.2) is 44.3 Å². The number of hydrogen-bond donors (Lipinski definition) is 4. The lowest BCUT2D eigenvalue weighted by Crippen LogP contribution is -2.31. The van der Waals surface area contributed by atoms with Gasteiger partial charge in [-0.25, -0.2) is 0 Å². The lowest BCUT2D eigenvalue weighted by Gasteiger charge is -2.37. The van der Waals surface area contributed by atoms with E-state index in [9.17, 15) is 19.2 Å². The van der Waals surface area contributed by atoms with E-state index in [4.69, 9.17) is 20.4 Å². The SMILES string of the molecule is CC1CCCC(CCC(C(=O)O)C(=O)O)C1CCC(C(=O)O)C(=O)O. The number of carboxylic acids is 4. The van der Waals surface area contributed by atoms with E-state index in [0.717, 1.165) is 19.3 Å². The highest BCUT2D eigenvalue weighted by molar-refractivity contribution is 5.93. The van der Waals surface area contributed by atoms with Gasteiger partial charge in [0.15, 0.2) is 11.8 Å². The molecule has 1 saturated carbocycles. The maximum atomic E-state index is 11.0. The van der Waals surface area contributed by atoms with Crippen molar-refractivity contribution < 1.29 is 39.6 Å². The van der Waals surface area contributed by atoms with Crippen molar-refractivity contribution in [1.82, 2.24) is 0 Å². The van der Waals surface area contributed by atoms with E-state index in [-0.39, 0.29) is 30.6 Å². The van der Waals surface area contributed by atoms with Crippen molar-refractivity contribution in [3.05, 3.63) is 0 Å². The third-order valence-electron chi connectivity index (χ3n) is 5.38. The first kappa shape index (κ1) is 20.9. The van der Waals surface area contributed by atoms with E-state index in [1.165, 1.54) is 0 Å². The molecule has 25 heavy (non-hydrogen) atoms. The van der Waals surface area contributed by atoms with E-state index in [2.05, 4.69) is 0 Å². The predicted octanol–water partition coefficient (Wildman–Crippen LogP) is 2.17. The van der Waals surface area contributed by atoms with Crippen molar-refractivity contribution in [2.75, 3.05) is 0 Å². The maximum absolute atomic E-state index is 11.0. The minimum atomic E-state index is -1.44. The number of carboxylic acid groups (broad SMARTS) is 4. The molecule has 8 nitrogen and oxygen atoms in total. The summed E-state index contributed by atoms with van der Waals surface area (Å²) in [6.07, 6.45) is 3.65. The van der Waals surface area contributed by atoms with E-state index >= 15 is 0 Å². The molecule has 1 rings (SSSR count). The summed E-state index contributed by atoms with van der Waals surface area (Å²) in [5.41, 5.74) is 0. The largest absolute Gasteiger partial charge is 0.481 e. The zero-order valence-corrected chi connectivity index (χ0v) is 14.3. The lowest BCUT2D eigenvalue weighted by molar-refractivity contribution is -0.157. The van der Waals surface area contributed by atoms with Gasteiger partial charge in [0.05, 0.1) is 0 Å². The Kier molecular flexibility index (Phi) is 7.86. The second-order valence-corrected chi connectivity index (χ2v) is 6.94. The van der Waals surface area contributed by atoms with Crippen molar-refractivity contribution >= 4 is 23.9 Å². The van der Waals surface area contributed by atoms with E-state index in [0.29, 0.717) is 12.8 Å². The third kappa shape index (κ3) is 6.03. The lowest BCUT2D eigenvalue weighted by atomic mass is 9.68. The van der Waals surface area contributed by atoms with Crippen molar-refractivity contribution in [3.63, 3.8) is 0 Å². The Morgan fingerprint density at radius 3 is 1.68 bits per heavy atom. The highest BCUT2D eigenvalue weighted by atomic mass is 16.4. The smallest absolute Gasteiger partial charge is 0.317 e. The molecule has 0 saturated heterocycles. The fraction of sp³-hybridized carbons (Fsp3) is 0.765. The second-order valence-electron chi connectivity index (χ2n) is 6.94. The van der Waals surface area contributed by atoms with Crippen LogP contribution in [0.3, 0.4) is 0 Å². The van der Waals surface area contributed by atoms with Crippen LogP contribution < -0.4 is 0 Å². The number of rotatable bonds is 10. The summed E-state index contributed by atoms with van der Waals surface area (Å²) in [5.74, 6) is -7.87. The molecule has 1 fully saturated rings. The quantitative estimate of drug-likeness (QED) is 0.434. The zero-order valence-electron chi connectivity index (χ0n) is 14.3. The zero-order chi connectivity index (χ0) is 19.1. The molecule has 0 aliphatic heterocycles. The molecule has 1 aliphatic carbocycles. The van der Waals surface area contributed by atoms with Crippen LogP contribution in [0.25, 0.3) is 0 Å². The van der Waals surface area contributed by atoms with Gasteiger partial charge in [-0.2, -0.15) is 0 Å². The summed E-state index contributed by atoms with van der Waals surface area (Å²) in [6, 6.07) is 0. The molecule has 8 heteroatoms. The Labute approximate surface area is 145 Å². The molecular formula is C17H26O8. The summed E-state index contributed by atoms with van der Waals surface area (Å²) in [7, 11) is 0. The normalized spacial score (nSPS) is 23.6. The Hall–Kier alpha value is -2.12. The minimum absolute atomic E-state index is 0.0253. The number of carbonyl (C=O) groups is 4. The Balaban J connectivity index is 2.72. The van der Waals surface area contributed by atoms with Gasteiger partial charge >= 0.3 is 23.9 Å². The molecule has 0 radical (unpaired) electrons. The van der Waals surface area contributed by atoms with Gasteiger partial charge in [-0.1, -0.05) is 26.2 Å². The highest BCUT2D eigenvalue weighted by Crippen LogP contribution is 2.41. The van der Waals surface area contributed by atoms with Gasteiger partial charge in [0.2, 0.25) is 0 Å². The van der Waals surface area contributed by atoms with Gasteiger partial charge in [0, 0.05) is 0 Å². The molecule has 0 spiro atoms. The Bertz CT molecular complexity index is 487. The first-order valence-corrected chi connectivity index (χ1v) is 8.56. The Morgan fingerprint density at radius 2 is 1.24 bits per heavy atom. The van der Waals surface area contributed by atoms with Gasteiger partial charge in [0.1, 0.15) is 0 Å². The van der Waals surface area contributed by atoms with Crippen LogP contribution in [0.15, 0.2) is 0 Å². The molecule has 0 aromatic carbocycles. The molecule has 1 aliphatic rings. The summed E-state index contributed by atoms with van der Waals surface area (Å²) in [4.78, 5) is 44.1. The maximum Gasteiger partial charge on any atom is 0.317 e. The van der Waals surface area contributed by atoms with Crippen molar-refractivity contribution in [3.8, 4) is 0 Å². The van der Waals surface area contributed by atoms with Crippen LogP contribution in [0.4, 0.5) is 0 Å². The standard InChI is InChI=1S/C17H26O8/c1-9-3-2-4-10(5-6-12(14(18)19)15(20)21)11(9)7-8-13(16(22)23)17(24)25/h9-13H,2-8H2,1H3,(H,18,19)(H,20,21)(H,22,23)(H,24,25). The van der Waals surface area contributed by atoms with Crippen LogP contribution in [0.2, 0.25) is 0 Å². The molecule has 142 valence electrons. The summed E-state index contributed by atoms with van der Waals surface area (Å²) in [5, 5.41) is 35.9. The van der Waals surface area contributed by atoms with Gasteiger partial charge in [-0.15, -0.1) is 0 Å². The van der Waals surface area contributed by atoms with E-state index in [1.807, 2.05) is 6.92 Å². The molecular weight excluding hydrogens is 332 g/mol. The fourth-order valence-electron chi connectivity index (χ4n) is 3.92. The number of aliphatic carboxylic acids is 4. The van der Waals surface area contributed by atoms with Crippen molar-refractivity contribution in [2.24, 2.45) is 29.6 Å². The monoisotopic (exact) mass is 358 g/mol. The van der Waals surface area contributed by atoms with E-state index in [1.54, 1.807) is 0 Å². The van der Waals surface area contributed by atoms with Crippen LogP contribution in [0.1, 0.15) is 51.9 Å². The van der Waals surface area contributed by atoms with Crippen LogP contribution in [0.5, 0.6) is 0 Å². The summed E-state index contributed by atoms with van der Waals surface area (Å²) < 4.78 is 0. The van der Waals surface area contributed by atoms with Crippen molar-refractivity contribution in [2.45, 2.75) is 51.9 Å². The Morgan fingerprint density at radius 1 is 0.800 bits per heavy atom. The molecule has 4 N–H and O–H groups in total. The van der Waals surface area contributed by atoms with Gasteiger partial charge in [-0.3, -0.25) is 19.2 Å². The average Bonchev–Trinajstić information content (AvgIpc) is 2.48. The first-order chi connectivity index (χ1) is 11.6. The third-order valence-corrected chi connectivity index (χ3v) is 5.38. The molecule has 3 unspecified atom stereocenters. The molecule has 0 aromatic rings. The van der Waals surface area contributed by atoms with Crippen LogP contribution in [0, 0.1) is 29.6 Å². The van der Waals surface area contributed by atoms with Gasteiger partial charge in [-0.05, 0) is 43.4 Å². The predicted molar refractivity (Wildman–Crippen MR) is 86.0 cm³/mol. The van der Waals surface area contributed by atoms with Crippen LogP contribution >= 0.6 is 0 Å². The van der Waals surface area contributed by atoms with Gasteiger partial charge in [0.25, 0.3) is 0 Å². The fourth-order valence-corrected chi connectivity index (χ4v) is 3.92. The van der Waals surface area contributed by atoms with Crippen LogP contribution in [-0.2, 0) is 19.2 Å². The minimum Gasteiger partial charge on any atom is -0.481 e. The van der Waals surface area contributed by atoms with Crippen molar-refractivity contribution in [1.29, 1.82) is 0 Å². The second kappa shape index (κ2) is 9.39. The summed E-state index contributed by atoms with van der Waals surface area (Å²) in [6.45, 7) is 2.03. The molecule has 3 atom stereocenters. The summed E-state index contributed by atoms with van der Waals surface area (Å²) >= 11 is 0. The average molecular weight is 358 g/mol. The molecule has 0 bridgehead atoms. The molecule has 0 heterocycles. The van der Waals surface area contributed by atoms with Gasteiger partial charge < -0.3 is 20.4 Å². The highest BCUT2D eigenvalue weighted by Gasteiger charge is 2.35. The van der Waals surface area contributed by atoms with E-state index < -0.39 is 35.7 Å².